The van der Waals surface area contributed by atoms with Gasteiger partial charge in [0.2, 0.25) is 0 Å². The van der Waals surface area contributed by atoms with Crippen LogP contribution in [-0.4, -0.2) is 16.8 Å². The number of nitrogens with one attached hydrogen (secondary N) is 1. The maximum absolute atomic E-state index is 4.63. The first-order chi connectivity index (χ1) is 9.67. The summed E-state index contributed by atoms with van der Waals surface area (Å²) in [6, 6.07) is 11.3. The first-order valence-electron chi connectivity index (χ1n) is 7.16. The molecule has 0 saturated carbocycles. The number of rotatable bonds is 6. The minimum absolute atomic E-state index is 0.332. The molecular formula is C16H22IN3. The Morgan fingerprint density at radius 2 is 1.95 bits per heavy atom. The molecule has 0 amide bonds. The second kappa shape index (κ2) is 7.22. The molecule has 1 heterocycles. The second-order valence-corrected chi connectivity index (χ2v) is 6.14. The SMILES string of the molecule is CCc1cc(CC(NC)c2ccc(I)cc2)n(CC)n1. The van der Waals surface area contributed by atoms with Crippen molar-refractivity contribution in [3.8, 4) is 0 Å². The Morgan fingerprint density at radius 3 is 2.50 bits per heavy atom. The van der Waals surface area contributed by atoms with Gasteiger partial charge in [0.05, 0.1) is 5.69 Å². The van der Waals surface area contributed by atoms with E-state index < -0.39 is 0 Å². The van der Waals surface area contributed by atoms with Crippen LogP contribution in [0.4, 0.5) is 0 Å². The van der Waals surface area contributed by atoms with Crippen molar-refractivity contribution < 1.29 is 0 Å². The lowest BCUT2D eigenvalue weighted by Crippen LogP contribution is -2.20. The number of hydrogen-bond donors (Lipinski definition) is 1. The lowest BCUT2D eigenvalue weighted by atomic mass is 10.0. The highest BCUT2D eigenvalue weighted by Gasteiger charge is 2.14. The molecule has 1 atom stereocenters. The quantitative estimate of drug-likeness (QED) is 0.773. The van der Waals surface area contributed by atoms with Gasteiger partial charge in [-0.1, -0.05) is 19.1 Å². The highest BCUT2D eigenvalue weighted by atomic mass is 127. The summed E-state index contributed by atoms with van der Waals surface area (Å²) in [5, 5.41) is 8.05. The van der Waals surface area contributed by atoms with Crippen molar-refractivity contribution in [2.45, 2.75) is 39.3 Å². The summed E-state index contributed by atoms with van der Waals surface area (Å²) in [4.78, 5) is 0. The molecule has 1 N–H and O–H groups in total. The van der Waals surface area contributed by atoms with Crippen LogP contribution in [0.15, 0.2) is 30.3 Å². The van der Waals surface area contributed by atoms with Crippen molar-refractivity contribution in [3.63, 3.8) is 0 Å². The van der Waals surface area contributed by atoms with E-state index in [0.29, 0.717) is 6.04 Å². The van der Waals surface area contributed by atoms with E-state index in [-0.39, 0.29) is 0 Å². The topological polar surface area (TPSA) is 29.9 Å². The number of benzene rings is 1. The first kappa shape index (κ1) is 15.5. The van der Waals surface area contributed by atoms with Crippen molar-refractivity contribution in [3.05, 3.63) is 50.9 Å². The van der Waals surface area contributed by atoms with Crippen LogP contribution in [0.25, 0.3) is 0 Å². The molecular weight excluding hydrogens is 361 g/mol. The summed E-state index contributed by atoms with van der Waals surface area (Å²) < 4.78 is 3.39. The van der Waals surface area contributed by atoms with E-state index in [9.17, 15) is 0 Å². The van der Waals surface area contributed by atoms with E-state index in [2.05, 4.69) is 81.9 Å². The zero-order valence-electron chi connectivity index (χ0n) is 12.4. The Kier molecular flexibility index (Phi) is 5.60. The van der Waals surface area contributed by atoms with E-state index in [1.807, 2.05) is 7.05 Å². The first-order valence-corrected chi connectivity index (χ1v) is 8.24. The van der Waals surface area contributed by atoms with Crippen LogP contribution < -0.4 is 5.32 Å². The van der Waals surface area contributed by atoms with Crippen LogP contribution in [0.1, 0.15) is 36.8 Å². The van der Waals surface area contributed by atoms with Gasteiger partial charge in [0.1, 0.15) is 0 Å². The maximum Gasteiger partial charge on any atom is 0.0624 e. The minimum atomic E-state index is 0.332. The van der Waals surface area contributed by atoms with Gasteiger partial charge in [-0.15, -0.1) is 0 Å². The monoisotopic (exact) mass is 383 g/mol. The van der Waals surface area contributed by atoms with Crippen LogP contribution in [0.3, 0.4) is 0 Å². The molecule has 1 aromatic carbocycles. The fourth-order valence-electron chi connectivity index (χ4n) is 2.42. The van der Waals surface area contributed by atoms with Gasteiger partial charge in [-0.25, -0.2) is 0 Å². The van der Waals surface area contributed by atoms with Crippen LogP contribution >= 0.6 is 22.6 Å². The lowest BCUT2D eigenvalue weighted by molar-refractivity contribution is 0.540. The molecule has 0 aliphatic heterocycles. The van der Waals surface area contributed by atoms with E-state index in [1.54, 1.807) is 0 Å². The molecule has 1 unspecified atom stereocenters. The van der Waals surface area contributed by atoms with E-state index in [1.165, 1.54) is 20.5 Å². The van der Waals surface area contributed by atoms with Gasteiger partial charge in [0.15, 0.2) is 0 Å². The van der Waals surface area contributed by atoms with E-state index >= 15 is 0 Å². The zero-order chi connectivity index (χ0) is 14.5. The molecule has 2 aromatic rings. The van der Waals surface area contributed by atoms with Gasteiger partial charge in [-0.2, -0.15) is 5.10 Å². The van der Waals surface area contributed by atoms with Gasteiger partial charge in [0, 0.05) is 28.3 Å². The molecule has 2 rings (SSSR count). The number of hydrogen-bond acceptors (Lipinski definition) is 2. The van der Waals surface area contributed by atoms with Gasteiger partial charge in [0.25, 0.3) is 0 Å². The molecule has 0 radical (unpaired) electrons. The van der Waals surface area contributed by atoms with Crippen molar-refractivity contribution in [2.75, 3.05) is 7.05 Å². The predicted molar refractivity (Wildman–Crippen MR) is 91.9 cm³/mol. The number of aryl methyl sites for hydroxylation is 2. The Morgan fingerprint density at radius 1 is 1.25 bits per heavy atom. The zero-order valence-corrected chi connectivity index (χ0v) is 14.5. The molecule has 108 valence electrons. The second-order valence-electron chi connectivity index (χ2n) is 4.89. The maximum atomic E-state index is 4.63. The number of halogens is 1. The summed E-state index contributed by atoms with van der Waals surface area (Å²) in [6.45, 7) is 5.23. The summed E-state index contributed by atoms with van der Waals surface area (Å²) in [6.07, 6.45) is 1.96. The highest BCUT2D eigenvalue weighted by Crippen LogP contribution is 2.20. The number of likely N-dealkylation sites (N-methyl/N-ethyl adjacent to an activating group) is 1. The molecule has 3 nitrogen and oxygen atoms in total. The number of nitrogens with zero attached hydrogens (tertiary/aromatic N) is 2. The van der Waals surface area contributed by atoms with Crippen molar-refractivity contribution >= 4 is 22.6 Å². The third-order valence-corrected chi connectivity index (χ3v) is 4.33. The summed E-state index contributed by atoms with van der Waals surface area (Å²) in [5.41, 5.74) is 3.82. The summed E-state index contributed by atoms with van der Waals surface area (Å²) in [5.74, 6) is 0. The number of aromatic nitrogens is 2. The molecule has 0 aliphatic rings. The average molecular weight is 383 g/mol. The molecule has 0 saturated heterocycles. The Hall–Kier alpha value is -0.880. The predicted octanol–water partition coefficient (Wildman–Crippen LogP) is 3.57. The minimum Gasteiger partial charge on any atom is -0.313 e. The van der Waals surface area contributed by atoms with Crippen LogP contribution in [0, 0.1) is 3.57 Å². The lowest BCUT2D eigenvalue weighted by Gasteiger charge is -2.17. The van der Waals surface area contributed by atoms with E-state index in [0.717, 1.165) is 19.4 Å². The molecule has 4 heteroatoms. The molecule has 0 aliphatic carbocycles. The van der Waals surface area contributed by atoms with Gasteiger partial charge in [-0.3, -0.25) is 4.68 Å². The third kappa shape index (κ3) is 3.61. The largest absolute Gasteiger partial charge is 0.313 e. The Labute approximate surface area is 134 Å². The standard InChI is InChI=1S/C16H22IN3/c1-4-14-10-15(20(5-2)19-14)11-16(18-3)12-6-8-13(17)9-7-12/h6-10,16,18H,4-5,11H2,1-3H3. The molecule has 0 spiro atoms. The smallest absolute Gasteiger partial charge is 0.0624 e. The summed E-state index contributed by atoms with van der Waals surface area (Å²) >= 11 is 2.34. The Balaban J connectivity index is 2.21. The van der Waals surface area contributed by atoms with E-state index in [4.69, 9.17) is 0 Å². The van der Waals surface area contributed by atoms with Crippen molar-refractivity contribution in [1.82, 2.24) is 15.1 Å². The molecule has 0 bridgehead atoms. The van der Waals surface area contributed by atoms with Crippen molar-refractivity contribution in [2.24, 2.45) is 0 Å². The van der Waals surface area contributed by atoms with Gasteiger partial charge >= 0.3 is 0 Å². The fourth-order valence-corrected chi connectivity index (χ4v) is 2.78. The van der Waals surface area contributed by atoms with Crippen LogP contribution in [-0.2, 0) is 19.4 Å². The van der Waals surface area contributed by atoms with Gasteiger partial charge < -0.3 is 5.32 Å². The van der Waals surface area contributed by atoms with Crippen LogP contribution in [0.5, 0.6) is 0 Å². The summed E-state index contributed by atoms with van der Waals surface area (Å²) in [7, 11) is 2.02. The third-order valence-electron chi connectivity index (χ3n) is 3.61. The molecule has 1 aromatic heterocycles. The molecule has 0 fully saturated rings. The fraction of sp³-hybridized carbons (Fsp3) is 0.438. The average Bonchev–Trinajstić information content (AvgIpc) is 2.88. The van der Waals surface area contributed by atoms with Gasteiger partial charge in [-0.05, 0) is 66.7 Å². The molecule has 20 heavy (non-hydrogen) atoms. The normalized spacial score (nSPS) is 12.6. The Bertz CT molecular complexity index is 545. The van der Waals surface area contributed by atoms with Crippen LogP contribution in [0.2, 0.25) is 0 Å². The highest BCUT2D eigenvalue weighted by molar-refractivity contribution is 14.1. The van der Waals surface area contributed by atoms with Crippen molar-refractivity contribution in [1.29, 1.82) is 0 Å².